The summed E-state index contributed by atoms with van der Waals surface area (Å²) in [6, 6.07) is 0. The number of carbonyl (C=O) groups is 1. The molecule has 0 aliphatic carbocycles. The number of rotatable bonds is 1. The van der Waals surface area contributed by atoms with Gasteiger partial charge in [-0.1, -0.05) is 0 Å². The Bertz CT molecular complexity index is 129. The summed E-state index contributed by atoms with van der Waals surface area (Å²) >= 11 is 0. The molecule has 1 fully saturated rings. The Hall–Kier alpha value is -0.640. The van der Waals surface area contributed by atoms with Gasteiger partial charge in [0.05, 0.1) is 6.61 Å². The molecule has 0 bridgehead atoms. The van der Waals surface area contributed by atoms with Crippen LogP contribution in [0.25, 0.3) is 0 Å². The van der Waals surface area contributed by atoms with Gasteiger partial charge >= 0.3 is 0 Å². The van der Waals surface area contributed by atoms with Crippen LogP contribution >= 0.6 is 0 Å². The van der Waals surface area contributed by atoms with E-state index in [4.69, 9.17) is 4.74 Å². The van der Waals surface area contributed by atoms with Crippen LogP contribution in [0, 0.1) is 0 Å². The van der Waals surface area contributed by atoms with Crippen molar-refractivity contribution in [3.63, 3.8) is 0 Å². The molecule has 0 saturated carbocycles. The van der Waals surface area contributed by atoms with Crippen LogP contribution in [0.15, 0.2) is 0 Å². The van der Waals surface area contributed by atoms with Crippen molar-refractivity contribution >= 4 is 5.91 Å². The average Bonchev–Trinajstić information content (AvgIpc) is 2.14. The second kappa shape index (κ2) is 3.51. The minimum absolute atomic E-state index is 0.0593. The third kappa shape index (κ3) is 1.95. The third-order valence-corrected chi connectivity index (χ3v) is 1.38. The Morgan fingerprint density at radius 3 is 3.30 bits per heavy atom. The molecule has 1 atom stereocenters. The molecular weight excluding hydrogens is 137 g/mol. The molecule has 1 unspecified atom stereocenters. The lowest BCUT2D eigenvalue weighted by Crippen LogP contribution is -2.30. The molecular formula is C6H10FNO2. The Balaban J connectivity index is 2.33. The van der Waals surface area contributed by atoms with Crippen molar-refractivity contribution in [1.82, 2.24) is 5.32 Å². The first-order valence-electron chi connectivity index (χ1n) is 3.27. The minimum atomic E-state index is -0.527. The van der Waals surface area contributed by atoms with Crippen LogP contribution in [0.2, 0.25) is 0 Å². The van der Waals surface area contributed by atoms with Gasteiger partial charge in [-0.3, -0.25) is 4.79 Å². The highest BCUT2D eigenvalue weighted by Crippen LogP contribution is 1.98. The zero-order valence-electron chi connectivity index (χ0n) is 5.60. The van der Waals surface area contributed by atoms with Crippen molar-refractivity contribution in [3.05, 3.63) is 0 Å². The molecule has 10 heavy (non-hydrogen) atoms. The highest BCUT2D eigenvalue weighted by Gasteiger charge is 2.14. The highest BCUT2D eigenvalue weighted by molar-refractivity contribution is 5.76. The zero-order chi connectivity index (χ0) is 7.40. The van der Waals surface area contributed by atoms with Crippen LogP contribution in [0.5, 0.6) is 0 Å². The van der Waals surface area contributed by atoms with Crippen LogP contribution in [0.3, 0.4) is 0 Å². The number of hydrogen-bond donors (Lipinski definition) is 1. The molecule has 3 nitrogen and oxygen atoms in total. The van der Waals surface area contributed by atoms with Gasteiger partial charge in [-0.15, -0.1) is 0 Å². The molecule has 1 rings (SSSR count). The molecule has 58 valence electrons. The van der Waals surface area contributed by atoms with E-state index in [0.29, 0.717) is 19.6 Å². The summed E-state index contributed by atoms with van der Waals surface area (Å²) < 4.78 is 16.9. The van der Waals surface area contributed by atoms with Crippen molar-refractivity contribution < 1.29 is 13.9 Å². The van der Waals surface area contributed by atoms with E-state index in [2.05, 4.69) is 5.32 Å². The number of hydrogen-bond acceptors (Lipinski definition) is 2. The van der Waals surface area contributed by atoms with E-state index < -0.39 is 12.8 Å². The van der Waals surface area contributed by atoms with Gasteiger partial charge in [0.2, 0.25) is 5.91 Å². The molecule has 0 aromatic carbocycles. The van der Waals surface area contributed by atoms with Crippen LogP contribution in [0.4, 0.5) is 4.39 Å². The first kappa shape index (κ1) is 7.47. The molecule has 1 saturated heterocycles. The largest absolute Gasteiger partial charge is 0.373 e. The average molecular weight is 147 g/mol. The standard InChI is InChI=1S/C6H10FNO2/c7-3-5-4-8-6(9)1-2-10-5/h5H,1-4H2,(H,8,9). The van der Waals surface area contributed by atoms with Crippen LogP contribution in [-0.4, -0.2) is 31.8 Å². The fourth-order valence-corrected chi connectivity index (χ4v) is 0.792. The van der Waals surface area contributed by atoms with E-state index in [0.717, 1.165) is 0 Å². The predicted molar refractivity (Wildman–Crippen MR) is 33.3 cm³/mol. The third-order valence-electron chi connectivity index (χ3n) is 1.38. The topological polar surface area (TPSA) is 38.3 Å². The molecule has 1 aliphatic heterocycles. The Kier molecular flexibility index (Phi) is 2.62. The van der Waals surface area contributed by atoms with E-state index in [9.17, 15) is 9.18 Å². The number of ether oxygens (including phenoxy) is 1. The maximum atomic E-state index is 11.9. The first-order valence-corrected chi connectivity index (χ1v) is 3.27. The summed E-state index contributed by atoms with van der Waals surface area (Å²) in [5, 5.41) is 2.54. The maximum absolute atomic E-state index is 11.9. The number of nitrogens with one attached hydrogen (secondary N) is 1. The van der Waals surface area contributed by atoms with Crippen LogP contribution < -0.4 is 5.32 Å². The summed E-state index contributed by atoms with van der Waals surface area (Å²) in [5.74, 6) is -0.0593. The van der Waals surface area contributed by atoms with Gasteiger partial charge in [0.15, 0.2) is 0 Å². The molecule has 0 aromatic rings. The van der Waals surface area contributed by atoms with Crippen molar-refractivity contribution in [1.29, 1.82) is 0 Å². The molecule has 1 N–H and O–H groups in total. The van der Waals surface area contributed by atoms with E-state index in [1.54, 1.807) is 0 Å². The van der Waals surface area contributed by atoms with E-state index in [1.165, 1.54) is 0 Å². The van der Waals surface area contributed by atoms with Gasteiger partial charge in [0.1, 0.15) is 12.8 Å². The lowest BCUT2D eigenvalue weighted by molar-refractivity contribution is -0.120. The minimum Gasteiger partial charge on any atom is -0.373 e. The monoisotopic (exact) mass is 147 g/mol. The van der Waals surface area contributed by atoms with Gasteiger partial charge in [0, 0.05) is 13.0 Å². The maximum Gasteiger partial charge on any atom is 0.222 e. The summed E-state index contributed by atoms with van der Waals surface area (Å²) in [4.78, 5) is 10.6. The van der Waals surface area contributed by atoms with Gasteiger partial charge in [-0.2, -0.15) is 0 Å². The fourth-order valence-electron chi connectivity index (χ4n) is 0.792. The molecule has 0 spiro atoms. The van der Waals surface area contributed by atoms with Crippen LogP contribution in [0.1, 0.15) is 6.42 Å². The molecule has 1 amide bonds. The summed E-state index contributed by atoms with van der Waals surface area (Å²) in [6.07, 6.45) is -0.0947. The summed E-state index contributed by atoms with van der Waals surface area (Å²) in [6.45, 7) is 0.107. The molecule has 1 aliphatic rings. The van der Waals surface area contributed by atoms with E-state index >= 15 is 0 Å². The Morgan fingerprint density at radius 2 is 2.60 bits per heavy atom. The lowest BCUT2D eigenvalue weighted by atomic mass is 10.4. The number of amides is 1. The van der Waals surface area contributed by atoms with Crippen LogP contribution in [-0.2, 0) is 9.53 Å². The molecule has 0 radical (unpaired) electrons. The lowest BCUT2D eigenvalue weighted by Gasteiger charge is -2.08. The van der Waals surface area contributed by atoms with Gasteiger partial charge in [-0.05, 0) is 0 Å². The van der Waals surface area contributed by atoms with Crippen molar-refractivity contribution in [3.8, 4) is 0 Å². The van der Waals surface area contributed by atoms with Gasteiger partial charge < -0.3 is 10.1 Å². The molecule has 0 aromatic heterocycles. The van der Waals surface area contributed by atoms with Gasteiger partial charge in [0.25, 0.3) is 0 Å². The number of halogens is 1. The van der Waals surface area contributed by atoms with Crippen molar-refractivity contribution in [2.24, 2.45) is 0 Å². The van der Waals surface area contributed by atoms with Gasteiger partial charge in [-0.25, -0.2) is 4.39 Å². The van der Waals surface area contributed by atoms with E-state index in [-0.39, 0.29) is 5.91 Å². The highest BCUT2D eigenvalue weighted by atomic mass is 19.1. The molecule has 4 heteroatoms. The number of carbonyl (C=O) groups excluding carboxylic acids is 1. The quantitative estimate of drug-likeness (QED) is 0.560. The number of alkyl halides is 1. The van der Waals surface area contributed by atoms with Crippen molar-refractivity contribution in [2.75, 3.05) is 19.8 Å². The Morgan fingerprint density at radius 1 is 1.80 bits per heavy atom. The SMILES string of the molecule is O=C1CCOC(CF)CN1. The van der Waals surface area contributed by atoms with E-state index in [1.807, 2.05) is 0 Å². The second-order valence-corrected chi connectivity index (χ2v) is 2.20. The second-order valence-electron chi connectivity index (χ2n) is 2.20. The molecule has 1 heterocycles. The van der Waals surface area contributed by atoms with Crippen molar-refractivity contribution in [2.45, 2.75) is 12.5 Å². The summed E-state index contributed by atoms with van der Waals surface area (Å²) in [5.41, 5.74) is 0. The predicted octanol–water partition coefficient (Wildman–Crippen LogP) is -0.139. The smallest absolute Gasteiger partial charge is 0.222 e. The first-order chi connectivity index (χ1) is 4.83. The zero-order valence-corrected chi connectivity index (χ0v) is 5.60. The summed E-state index contributed by atoms with van der Waals surface area (Å²) in [7, 11) is 0. The fraction of sp³-hybridized carbons (Fsp3) is 0.833. The normalized spacial score (nSPS) is 27.3. The Labute approximate surface area is 58.5 Å².